The molecule has 19 heavy (non-hydrogen) atoms. The quantitative estimate of drug-likeness (QED) is 0.912. The van der Waals surface area contributed by atoms with E-state index < -0.39 is 6.43 Å². The van der Waals surface area contributed by atoms with Crippen molar-refractivity contribution in [3.63, 3.8) is 0 Å². The van der Waals surface area contributed by atoms with Gasteiger partial charge in [-0.15, -0.1) is 0 Å². The van der Waals surface area contributed by atoms with Gasteiger partial charge in [0.05, 0.1) is 19.8 Å². The van der Waals surface area contributed by atoms with Gasteiger partial charge < -0.3 is 14.8 Å². The summed E-state index contributed by atoms with van der Waals surface area (Å²) in [5.74, 6) is 0.689. The van der Waals surface area contributed by atoms with Crippen LogP contribution in [0.3, 0.4) is 0 Å². The molecular formula is C14H19F2NO2. The minimum atomic E-state index is -2.58. The molecule has 2 rings (SSSR count). The minimum absolute atomic E-state index is 0.135. The van der Waals surface area contributed by atoms with Crippen molar-refractivity contribution in [1.82, 2.24) is 5.32 Å². The molecule has 0 aromatic heterocycles. The van der Waals surface area contributed by atoms with E-state index in [1.807, 2.05) is 0 Å². The Bertz CT molecular complexity index is 457. The third-order valence-corrected chi connectivity index (χ3v) is 3.75. The van der Waals surface area contributed by atoms with Gasteiger partial charge in [0.15, 0.2) is 0 Å². The molecule has 0 bridgehead atoms. The lowest BCUT2D eigenvalue weighted by atomic mass is 9.88. The lowest BCUT2D eigenvalue weighted by molar-refractivity contribution is 0.146. The van der Waals surface area contributed by atoms with Crippen molar-refractivity contribution >= 4 is 0 Å². The maximum Gasteiger partial charge on any atom is 0.267 e. The molecule has 1 aliphatic heterocycles. The van der Waals surface area contributed by atoms with Crippen molar-refractivity contribution < 1.29 is 18.3 Å². The van der Waals surface area contributed by atoms with Crippen LogP contribution in [-0.2, 0) is 5.54 Å². The lowest BCUT2D eigenvalue weighted by Gasteiger charge is -2.28. The van der Waals surface area contributed by atoms with Crippen LogP contribution in [0.15, 0.2) is 12.1 Å². The Morgan fingerprint density at radius 3 is 2.37 bits per heavy atom. The topological polar surface area (TPSA) is 30.5 Å². The van der Waals surface area contributed by atoms with Crippen LogP contribution in [0.4, 0.5) is 8.78 Å². The first-order valence-electron chi connectivity index (χ1n) is 6.31. The molecule has 0 radical (unpaired) electrons. The normalized spacial score (nSPS) is 22.8. The van der Waals surface area contributed by atoms with Gasteiger partial charge in [0.2, 0.25) is 0 Å². The van der Waals surface area contributed by atoms with Crippen molar-refractivity contribution in [2.24, 2.45) is 0 Å². The number of hydrogen-bond acceptors (Lipinski definition) is 3. The largest absolute Gasteiger partial charge is 0.496 e. The zero-order valence-corrected chi connectivity index (χ0v) is 11.4. The predicted octanol–water partition coefficient (Wildman–Crippen LogP) is 3.24. The second-order valence-electron chi connectivity index (χ2n) is 4.96. The van der Waals surface area contributed by atoms with Gasteiger partial charge in [-0.05, 0) is 38.4 Å². The van der Waals surface area contributed by atoms with E-state index in [2.05, 4.69) is 12.2 Å². The number of alkyl halides is 2. The van der Waals surface area contributed by atoms with Crippen LogP contribution in [0, 0.1) is 0 Å². The molecule has 0 amide bonds. The molecular weight excluding hydrogens is 252 g/mol. The Hall–Kier alpha value is -1.36. The lowest BCUT2D eigenvalue weighted by Crippen LogP contribution is -2.33. The van der Waals surface area contributed by atoms with Gasteiger partial charge in [-0.3, -0.25) is 0 Å². The number of methoxy groups -OCH3 is 2. The molecule has 3 nitrogen and oxygen atoms in total. The first-order valence-corrected chi connectivity index (χ1v) is 6.31. The van der Waals surface area contributed by atoms with Gasteiger partial charge in [-0.1, -0.05) is 0 Å². The molecule has 1 heterocycles. The minimum Gasteiger partial charge on any atom is -0.496 e. The summed E-state index contributed by atoms with van der Waals surface area (Å²) in [6.07, 6.45) is -0.582. The molecule has 1 atom stereocenters. The number of rotatable bonds is 4. The van der Waals surface area contributed by atoms with Gasteiger partial charge in [-0.2, -0.15) is 0 Å². The first kappa shape index (κ1) is 14.1. The number of ether oxygens (including phenoxy) is 2. The van der Waals surface area contributed by atoms with E-state index >= 15 is 0 Å². The summed E-state index contributed by atoms with van der Waals surface area (Å²) in [6, 6.07) is 3.04. The predicted molar refractivity (Wildman–Crippen MR) is 69.1 cm³/mol. The molecule has 1 aromatic rings. The van der Waals surface area contributed by atoms with Crippen LogP contribution in [-0.4, -0.2) is 20.8 Å². The van der Waals surface area contributed by atoms with Crippen LogP contribution in [0.25, 0.3) is 0 Å². The molecule has 0 spiro atoms. The summed E-state index contributed by atoms with van der Waals surface area (Å²) >= 11 is 0. The van der Waals surface area contributed by atoms with E-state index in [4.69, 9.17) is 9.47 Å². The molecule has 1 aromatic carbocycles. The van der Waals surface area contributed by atoms with Gasteiger partial charge >= 0.3 is 0 Å². The Balaban J connectivity index is 2.54. The molecule has 0 saturated carbocycles. The summed E-state index contributed by atoms with van der Waals surface area (Å²) < 4.78 is 36.3. The molecule has 1 fully saturated rings. The van der Waals surface area contributed by atoms with Crippen LogP contribution in [0.1, 0.15) is 37.3 Å². The molecule has 1 saturated heterocycles. The molecule has 5 heteroatoms. The zero-order valence-electron chi connectivity index (χ0n) is 11.4. The summed E-state index contributed by atoms with van der Waals surface area (Å²) in [6.45, 7) is 2.97. The van der Waals surface area contributed by atoms with Crippen molar-refractivity contribution in [1.29, 1.82) is 0 Å². The van der Waals surface area contributed by atoms with Crippen molar-refractivity contribution in [3.05, 3.63) is 23.3 Å². The van der Waals surface area contributed by atoms with Gasteiger partial charge in [0.25, 0.3) is 6.43 Å². The van der Waals surface area contributed by atoms with E-state index in [0.29, 0.717) is 5.75 Å². The standard InChI is InChI=1S/C14H19F2NO2/c1-14(5-4-6-17-14)10-8-11(18-2)9(13(15)16)7-12(10)19-3/h7-8,13,17H,4-6H2,1-3H3. The summed E-state index contributed by atoms with van der Waals surface area (Å²) in [4.78, 5) is 0. The first-order chi connectivity index (χ1) is 9.01. The van der Waals surface area contributed by atoms with Crippen LogP contribution in [0.2, 0.25) is 0 Å². The zero-order chi connectivity index (χ0) is 14.0. The molecule has 1 N–H and O–H groups in total. The van der Waals surface area contributed by atoms with Crippen molar-refractivity contribution in [2.45, 2.75) is 31.7 Å². The summed E-state index contributed by atoms with van der Waals surface area (Å²) in [5, 5.41) is 3.40. The maximum absolute atomic E-state index is 13.0. The van der Waals surface area contributed by atoms with Gasteiger partial charge in [-0.25, -0.2) is 8.78 Å². The van der Waals surface area contributed by atoms with Crippen LogP contribution in [0.5, 0.6) is 11.5 Å². The average Bonchev–Trinajstić information content (AvgIpc) is 2.85. The van der Waals surface area contributed by atoms with Crippen molar-refractivity contribution in [3.8, 4) is 11.5 Å². The fourth-order valence-corrected chi connectivity index (χ4v) is 2.65. The van der Waals surface area contributed by atoms with E-state index in [1.165, 1.54) is 20.3 Å². The fraction of sp³-hybridized carbons (Fsp3) is 0.571. The summed E-state index contributed by atoms with van der Waals surface area (Å²) in [5.41, 5.74) is 0.484. The van der Waals surface area contributed by atoms with E-state index in [-0.39, 0.29) is 16.9 Å². The van der Waals surface area contributed by atoms with Crippen LogP contribution >= 0.6 is 0 Å². The number of halogens is 2. The third kappa shape index (κ3) is 2.52. The smallest absolute Gasteiger partial charge is 0.267 e. The SMILES string of the molecule is COc1cc(C2(C)CCCN2)c(OC)cc1C(F)F. The highest BCUT2D eigenvalue weighted by Crippen LogP contribution is 2.42. The Kier molecular flexibility index (Phi) is 3.94. The number of nitrogens with one attached hydrogen (secondary N) is 1. The van der Waals surface area contributed by atoms with E-state index in [0.717, 1.165) is 24.9 Å². The van der Waals surface area contributed by atoms with Gasteiger partial charge in [0, 0.05) is 11.1 Å². The Labute approximate surface area is 111 Å². The Morgan fingerprint density at radius 1 is 1.21 bits per heavy atom. The number of hydrogen-bond donors (Lipinski definition) is 1. The maximum atomic E-state index is 13.0. The second-order valence-corrected chi connectivity index (χ2v) is 4.96. The fourth-order valence-electron chi connectivity index (χ4n) is 2.65. The highest BCUT2D eigenvalue weighted by Gasteiger charge is 2.34. The molecule has 0 aliphatic carbocycles. The van der Waals surface area contributed by atoms with E-state index in [1.54, 1.807) is 6.07 Å². The molecule has 106 valence electrons. The van der Waals surface area contributed by atoms with Crippen LogP contribution < -0.4 is 14.8 Å². The second kappa shape index (κ2) is 5.33. The summed E-state index contributed by atoms with van der Waals surface area (Å²) in [7, 11) is 2.90. The highest BCUT2D eigenvalue weighted by molar-refractivity contribution is 5.50. The Morgan fingerprint density at radius 2 is 1.89 bits per heavy atom. The average molecular weight is 271 g/mol. The number of benzene rings is 1. The molecule has 1 aliphatic rings. The monoisotopic (exact) mass is 271 g/mol. The highest BCUT2D eigenvalue weighted by atomic mass is 19.3. The van der Waals surface area contributed by atoms with Crippen molar-refractivity contribution in [2.75, 3.05) is 20.8 Å². The molecule has 1 unspecified atom stereocenters. The third-order valence-electron chi connectivity index (χ3n) is 3.75. The van der Waals surface area contributed by atoms with Gasteiger partial charge in [0.1, 0.15) is 11.5 Å². The van der Waals surface area contributed by atoms with E-state index in [9.17, 15) is 8.78 Å².